The van der Waals surface area contributed by atoms with E-state index in [2.05, 4.69) is 5.32 Å². The molecule has 0 saturated carbocycles. The largest absolute Gasteiger partial charge is 0.490 e. The first kappa shape index (κ1) is 18.6. The first-order valence-corrected chi connectivity index (χ1v) is 8.37. The van der Waals surface area contributed by atoms with E-state index in [4.69, 9.17) is 26.3 Å². The van der Waals surface area contributed by atoms with Gasteiger partial charge in [-0.3, -0.25) is 4.79 Å². The second-order valence-corrected chi connectivity index (χ2v) is 5.62. The Balaban J connectivity index is 2.28. The molecule has 1 amide bonds. The molecule has 0 aromatic heterocycles. The average molecular weight is 359 g/mol. The van der Waals surface area contributed by atoms with E-state index in [1.54, 1.807) is 36.4 Å². The molecule has 2 aromatic carbocycles. The maximum atomic E-state index is 12.5. The van der Waals surface area contributed by atoms with Crippen LogP contribution in [0.5, 0.6) is 11.5 Å². The zero-order valence-corrected chi connectivity index (χ0v) is 14.9. The van der Waals surface area contributed by atoms with Crippen molar-refractivity contribution in [2.45, 2.75) is 20.3 Å². The summed E-state index contributed by atoms with van der Waals surface area (Å²) in [6.07, 6.45) is 0.833. The predicted octanol–water partition coefficient (Wildman–Crippen LogP) is 4.65. The van der Waals surface area contributed by atoms with Crippen LogP contribution in [0.3, 0.4) is 0 Å². The fourth-order valence-electron chi connectivity index (χ4n) is 2.18. The molecule has 6 heteroatoms. The van der Waals surface area contributed by atoms with E-state index in [1.165, 1.54) is 0 Å². The predicted molar refractivity (Wildman–Crippen MR) is 97.5 cm³/mol. The van der Waals surface area contributed by atoms with Gasteiger partial charge in [0, 0.05) is 11.3 Å². The summed E-state index contributed by atoms with van der Waals surface area (Å²) in [7, 11) is 0. The van der Waals surface area contributed by atoms with Crippen molar-refractivity contribution in [1.29, 1.82) is 5.26 Å². The zero-order chi connectivity index (χ0) is 18.2. The van der Waals surface area contributed by atoms with Crippen LogP contribution in [0.15, 0.2) is 36.4 Å². The van der Waals surface area contributed by atoms with E-state index in [9.17, 15) is 4.79 Å². The van der Waals surface area contributed by atoms with Crippen LogP contribution in [-0.4, -0.2) is 19.1 Å². The molecule has 0 fully saturated rings. The Kier molecular flexibility index (Phi) is 6.67. The smallest absolute Gasteiger partial charge is 0.255 e. The summed E-state index contributed by atoms with van der Waals surface area (Å²) < 4.78 is 11.2. The minimum atomic E-state index is -0.347. The zero-order valence-electron chi connectivity index (χ0n) is 14.1. The Labute approximate surface area is 152 Å². The van der Waals surface area contributed by atoms with Crippen molar-refractivity contribution >= 4 is 23.2 Å². The van der Waals surface area contributed by atoms with Crippen LogP contribution in [0.2, 0.25) is 5.02 Å². The maximum Gasteiger partial charge on any atom is 0.255 e. The molecule has 1 N–H and O–H groups in total. The van der Waals surface area contributed by atoms with Gasteiger partial charge in [0.1, 0.15) is 0 Å². The molecule has 0 aliphatic rings. The van der Waals surface area contributed by atoms with Crippen molar-refractivity contribution in [2.24, 2.45) is 0 Å². The summed E-state index contributed by atoms with van der Waals surface area (Å²) in [4.78, 5) is 12.5. The van der Waals surface area contributed by atoms with E-state index in [0.717, 1.165) is 6.42 Å². The number of hydrogen-bond donors (Lipinski definition) is 1. The average Bonchev–Trinajstić information content (AvgIpc) is 2.61. The Morgan fingerprint density at radius 3 is 2.72 bits per heavy atom. The van der Waals surface area contributed by atoms with Gasteiger partial charge in [-0.15, -0.1) is 0 Å². The molecule has 0 atom stereocenters. The van der Waals surface area contributed by atoms with E-state index < -0.39 is 0 Å². The van der Waals surface area contributed by atoms with Crippen molar-refractivity contribution in [2.75, 3.05) is 18.5 Å². The lowest BCUT2D eigenvalue weighted by atomic mass is 10.1. The molecule has 130 valence electrons. The van der Waals surface area contributed by atoms with Gasteiger partial charge in [0.05, 0.1) is 29.9 Å². The fourth-order valence-corrected chi connectivity index (χ4v) is 2.44. The van der Waals surface area contributed by atoms with Crippen LogP contribution in [0.4, 0.5) is 5.69 Å². The van der Waals surface area contributed by atoms with Crippen LogP contribution < -0.4 is 14.8 Å². The summed E-state index contributed by atoms with van der Waals surface area (Å²) in [6, 6.07) is 11.9. The van der Waals surface area contributed by atoms with E-state index >= 15 is 0 Å². The minimum Gasteiger partial charge on any atom is -0.490 e. The molecule has 25 heavy (non-hydrogen) atoms. The number of rotatable bonds is 7. The van der Waals surface area contributed by atoms with Crippen LogP contribution in [0.1, 0.15) is 36.2 Å². The molecule has 2 aromatic rings. The molecule has 0 saturated heterocycles. The highest BCUT2D eigenvalue weighted by molar-refractivity contribution is 6.32. The number of carbonyl (C=O) groups excluding carboxylic acids is 1. The number of nitriles is 1. The van der Waals surface area contributed by atoms with Crippen LogP contribution in [0, 0.1) is 11.3 Å². The van der Waals surface area contributed by atoms with Crippen LogP contribution >= 0.6 is 11.6 Å². The van der Waals surface area contributed by atoms with Crippen molar-refractivity contribution in [3.05, 3.63) is 52.5 Å². The number of nitrogens with zero attached hydrogens (tertiary/aromatic N) is 1. The summed E-state index contributed by atoms with van der Waals surface area (Å²) in [5.74, 6) is 0.521. The Morgan fingerprint density at radius 1 is 1.24 bits per heavy atom. The molecule has 0 radical (unpaired) electrons. The first-order valence-electron chi connectivity index (χ1n) is 7.99. The molecule has 0 unspecified atom stereocenters. The second-order valence-electron chi connectivity index (χ2n) is 5.21. The quantitative estimate of drug-likeness (QED) is 0.781. The maximum absolute atomic E-state index is 12.5. The van der Waals surface area contributed by atoms with Gasteiger partial charge >= 0.3 is 0 Å². The second kappa shape index (κ2) is 8.95. The van der Waals surface area contributed by atoms with Gasteiger partial charge in [-0.05, 0) is 43.7 Å². The van der Waals surface area contributed by atoms with Gasteiger partial charge in [-0.1, -0.05) is 24.6 Å². The number of amides is 1. The van der Waals surface area contributed by atoms with Gasteiger partial charge < -0.3 is 14.8 Å². The van der Waals surface area contributed by atoms with Gasteiger partial charge in [-0.2, -0.15) is 5.26 Å². The highest BCUT2D eigenvalue weighted by Gasteiger charge is 2.16. The number of anilines is 1. The van der Waals surface area contributed by atoms with Crippen LogP contribution in [0.25, 0.3) is 0 Å². The number of ether oxygens (including phenoxy) is 2. The topological polar surface area (TPSA) is 71.3 Å². The number of carbonyl (C=O) groups is 1. The number of benzene rings is 2. The lowest BCUT2D eigenvalue weighted by Crippen LogP contribution is -2.13. The van der Waals surface area contributed by atoms with E-state index in [-0.39, 0.29) is 5.91 Å². The summed E-state index contributed by atoms with van der Waals surface area (Å²) in [6.45, 7) is 4.77. The highest BCUT2D eigenvalue weighted by Crippen LogP contribution is 2.37. The van der Waals surface area contributed by atoms with Gasteiger partial charge in [-0.25, -0.2) is 0 Å². The van der Waals surface area contributed by atoms with Crippen molar-refractivity contribution in [3.8, 4) is 17.6 Å². The summed E-state index contributed by atoms with van der Waals surface area (Å²) in [5, 5.41) is 12.0. The number of halogens is 1. The van der Waals surface area contributed by atoms with E-state index in [1.807, 2.05) is 19.9 Å². The summed E-state index contributed by atoms with van der Waals surface area (Å²) in [5.41, 5.74) is 1.35. The van der Waals surface area contributed by atoms with E-state index in [0.29, 0.717) is 46.5 Å². The Morgan fingerprint density at radius 2 is 2.04 bits per heavy atom. The molecular weight excluding hydrogens is 340 g/mol. The molecule has 5 nitrogen and oxygen atoms in total. The Hall–Kier alpha value is -2.71. The van der Waals surface area contributed by atoms with Crippen molar-refractivity contribution < 1.29 is 14.3 Å². The third-order valence-electron chi connectivity index (χ3n) is 3.27. The Bertz CT molecular complexity index is 800. The van der Waals surface area contributed by atoms with Gasteiger partial charge in [0.15, 0.2) is 11.5 Å². The summed E-state index contributed by atoms with van der Waals surface area (Å²) >= 11 is 6.27. The number of hydrogen-bond acceptors (Lipinski definition) is 4. The fraction of sp³-hybridized carbons (Fsp3) is 0.263. The van der Waals surface area contributed by atoms with Gasteiger partial charge in [0.2, 0.25) is 0 Å². The standard InChI is InChI=1S/C19H19ClN2O3/c1-3-8-25-18-16(20)10-14(11-17(18)24-4-2)19(23)22-15-7-5-6-13(9-15)12-21/h5-7,9-11H,3-4,8H2,1-2H3,(H,22,23). The normalized spacial score (nSPS) is 10.0. The van der Waals surface area contributed by atoms with Crippen molar-refractivity contribution in [3.63, 3.8) is 0 Å². The van der Waals surface area contributed by atoms with Crippen LogP contribution in [-0.2, 0) is 0 Å². The third-order valence-corrected chi connectivity index (χ3v) is 3.55. The SMILES string of the molecule is CCCOc1c(Cl)cc(C(=O)Nc2cccc(C#N)c2)cc1OCC. The molecule has 0 bridgehead atoms. The minimum absolute atomic E-state index is 0.315. The monoisotopic (exact) mass is 358 g/mol. The lowest BCUT2D eigenvalue weighted by Gasteiger charge is -2.15. The highest BCUT2D eigenvalue weighted by atomic mass is 35.5. The molecular formula is C19H19ClN2O3. The molecule has 0 spiro atoms. The molecule has 0 aliphatic carbocycles. The molecule has 2 rings (SSSR count). The number of nitrogens with one attached hydrogen (secondary N) is 1. The molecule has 0 aliphatic heterocycles. The molecule has 0 heterocycles. The van der Waals surface area contributed by atoms with Crippen molar-refractivity contribution in [1.82, 2.24) is 0 Å². The first-order chi connectivity index (χ1) is 12.1. The third kappa shape index (κ3) is 4.88. The lowest BCUT2D eigenvalue weighted by molar-refractivity contribution is 0.102. The van der Waals surface area contributed by atoms with Gasteiger partial charge in [0.25, 0.3) is 5.91 Å².